The molecule has 0 unspecified atom stereocenters. The fraction of sp³-hybridized carbons (Fsp3) is 0.263. The lowest BCUT2D eigenvalue weighted by Crippen LogP contribution is -2.38. The average molecular weight is 2010 g/mol. The van der Waals surface area contributed by atoms with Crippen LogP contribution < -0.4 is 28.4 Å². The molecule has 148 heavy (non-hydrogen) atoms. The lowest BCUT2D eigenvalue weighted by atomic mass is 10.0. The van der Waals surface area contributed by atoms with Crippen molar-refractivity contribution in [2.24, 2.45) is 0 Å². The van der Waals surface area contributed by atoms with Crippen molar-refractivity contribution >= 4 is 45.7 Å². The van der Waals surface area contributed by atoms with Crippen LogP contribution in [0.25, 0.3) is 67.1 Å². The van der Waals surface area contributed by atoms with Gasteiger partial charge in [-0.2, -0.15) is 22.0 Å². The van der Waals surface area contributed by atoms with Crippen LogP contribution in [0.5, 0.6) is 46.0 Å². The van der Waals surface area contributed by atoms with E-state index in [0.29, 0.717) is 84.0 Å². The summed E-state index contributed by atoms with van der Waals surface area (Å²) >= 11 is 0. The number of aryl methyl sites for hydroxylation is 2. The van der Waals surface area contributed by atoms with Gasteiger partial charge in [0, 0.05) is 98.0 Å². The number of aromatic nitrogens is 12. The van der Waals surface area contributed by atoms with Gasteiger partial charge in [-0.25, -0.2) is 33.7 Å². The van der Waals surface area contributed by atoms with Gasteiger partial charge in [0.05, 0.1) is 101 Å². The Hall–Kier alpha value is -17.2. The Labute approximate surface area is 848 Å². The molecule has 4 amide bonds. The molecule has 8 aromatic carbocycles. The molecule has 16 aromatic rings. The fourth-order valence-electron chi connectivity index (χ4n) is 19.1. The van der Waals surface area contributed by atoms with Crippen molar-refractivity contribution < 1.29 is 83.4 Å². The number of piperidine rings is 3. The quantitative estimate of drug-likeness (QED) is 0.0375. The maximum absolute atomic E-state index is 14.5. The minimum Gasteiger partial charge on any atom is -0.494 e. The number of rotatable bonds is 22. The van der Waals surface area contributed by atoms with Crippen LogP contribution in [-0.4, -0.2) is 146 Å². The predicted molar refractivity (Wildman–Crippen MR) is 541 cm³/mol. The highest BCUT2D eigenvalue weighted by atomic mass is 19.4. The molecule has 4 fully saturated rings. The Morgan fingerprint density at radius 2 is 0.743 bits per heavy atom. The normalized spacial score (nSPS) is 15.4. The average Bonchev–Trinajstić information content (AvgIpc) is 1.59. The maximum Gasteiger partial charge on any atom is 0.435 e. The predicted octanol–water partition coefficient (Wildman–Crippen LogP) is 22.1. The fourth-order valence-corrected chi connectivity index (χ4v) is 19.1. The number of likely N-dealkylation sites (tertiary alicyclic amines) is 4. The standard InChI is InChI=1S/C29H24F4N4O3.C29H27FN4O2.C28H25FN4O4.C28H27FN4O2/c1-3-7-23(38)36-16-5-4-8-20(36)28-35-25(26-27(29(31,32)33)34-15-17-37(26)28)18-11-13-19(14-12-18)40-22-10-6-9-21(39-2)24(22)30;1-3-7-26(35)33-16-5-4-10-25(33)29-32-27(28-20(2)31-15-17-34(28)29)22-11-13-24(14-12-22)36-19-21-8-6-9-23(30)18-21;1-3-6-24(35)32-15-5-7-21(32)28-31-26(27-20(17-34)30-14-16-33(27)28)18-10-12-19(13-11-18)37-23-9-4-8-22(36-2)25(23)29;1-3-25(34)32-15-5-4-9-24(32)28-31-26(27-19(2)30-14-16-33(27)28)21-10-12-23(13-11-21)35-18-20-7-6-8-22(29)17-20/h6,9-15,17,20H,4-5,8,16H2,1-2H3;6,8-9,11-15,17-18,25H,4-5,10,16,19H2,1-2H3;4,8-14,16,21,34H,5,7,15,17H2,1-2H3;3,6-8,10-14,16-17,24H,1,4-5,9,15,18H2,2H3/t20-;25-;21-;24-/m0000/s1. The third-order valence-electron chi connectivity index (χ3n) is 25.9. The second-order valence-electron chi connectivity index (χ2n) is 35.2. The zero-order chi connectivity index (χ0) is 104. The van der Waals surface area contributed by atoms with Crippen LogP contribution >= 0.6 is 0 Å². The van der Waals surface area contributed by atoms with Crippen LogP contribution in [0.15, 0.2) is 244 Å². The van der Waals surface area contributed by atoms with Gasteiger partial charge < -0.3 is 53.1 Å². The van der Waals surface area contributed by atoms with Crippen LogP contribution in [0.3, 0.4) is 0 Å². The first-order valence-electron chi connectivity index (χ1n) is 48.3. The smallest absolute Gasteiger partial charge is 0.435 e. The number of benzene rings is 8. The highest BCUT2D eigenvalue weighted by Crippen LogP contribution is 2.45. The zero-order valence-corrected chi connectivity index (χ0v) is 82.1. The second-order valence-corrected chi connectivity index (χ2v) is 35.2. The Morgan fingerprint density at radius 1 is 0.412 bits per heavy atom. The second kappa shape index (κ2) is 46.2. The molecular formula is C114H103F7N16O11. The summed E-state index contributed by atoms with van der Waals surface area (Å²) in [6.45, 7) is 15.2. The van der Waals surface area contributed by atoms with Crippen molar-refractivity contribution in [3.05, 3.63) is 325 Å². The third kappa shape index (κ3) is 22.4. The number of ether oxygens (including phenoxy) is 6. The Balaban J connectivity index is 0.000000135. The largest absolute Gasteiger partial charge is 0.494 e. The van der Waals surface area contributed by atoms with Gasteiger partial charge in [-0.05, 0) is 286 Å². The summed E-state index contributed by atoms with van der Waals surface area (Å²) < 4.78 is 139. The summed E-state index contributed by atoms with van der Waals surface area (Å²) in [6.07, 6.45) is 19.2. The number of halogens is 7. The number of aliphatic hydroxyl groups is 1. The molecule has 0 aliphatic carbocycles. The molecule has 0 saturated carbocycles. The van der Waals surface area contributed by atoms with E-state index in [1.54, 1.807) is 104 Å². The van der Waals surface area contributed by atoms with Crippen molar-refractivity contribution in [3.8, 4) is 127 Å². The summed E-state index contributed by atoms with van der Waals surface area (Å²) in [7, 11) is 2.73. The number of alkyl halides is 3. The van der Waals surface area contributed by atoms with Gasteiger partial charge in [-0.3, -0.25) is 51.7 Å². The van der Waals surface area contributed by atoms with Crippen LogP contribution in [0.1, 0.15) is 173 Å². The van der Waals surface area contributed by atoms with E-state index in [0.717, 1.165) is 144 Å². The van der Waals surface area contributed by atoms with E-state index in [1.807, 2.05) is 113 Å². The number of imidazole rings is 4. The van der Waals surface area contributed by atoms with E-state index in [4.69, 9.17) is 43.4 Å². The summed E-state index contributed by atoms with van der Waals surface area (Å²) in [5, 5.41) is 10.0. The van der Waals surface area contributed by atoms with Crippen LogP contribution in [-0.2, 0) is 45.2 Å². The monoisotopic (exact) mass is 2000 g/mol. The summed E-state index contributed by atoms with van der Waals surface area (Å²) in [4.78, 5) is 94.4. The van der Waals surface area contributed by atoms with Crippen molar-refractivity contribution in [2.45, 2.75) is 155 Å². The number of fused-ring (bicyclic) bond motifs is 4. The first-order valence-corrected chi connectivity index (χ1v) is 48.3. The first kappa shape index (κ1) is 102. The number of nitrogens with zero attached hydrogens (tertiary/aromatic N) is 16. The summed E-state index contributed by atoms with van der Waals surface area (Å²) in [5.41, 5.74) is 10.2. The molecule has 754 valence electrons. The molecule has 4 saturated heterocycles. The van der Waals surface area contributed by atoms with E-state index in [-0.39, 0.29) is 107 Å². The minimum absolute atomic E-state index is 0.0125. The van der Waals surface area contributed by atoms with E-state index in [1.165, 1.54) is 91.6 Å². The zero-order valence-electron chi connectivity index (χ0n) is 82.1. The van der Waals surface area contributed by atoms with Gasteiger partial charge in [-0.1, -0.05) is 60.7 Å². The summed E-state index contributed by atoms with van der Waals surface area (Å²) in [5.74, 6) is 18.0. The number of aliphatic hydroxyl groups excluding tert-OH is 1. The Bertz CT molecular complexity index is 7810. The molecule has 1 N–H and O–H groups in total. The number of methoxy groups -OCH3 is 2. The molecule has 0 bridgehead atoms. The molecule has 27 nitrogen and oxygen atoms in total. The van der Waals surface area contributed by atoms with E-state index in [9.17, 15) is 55.0 Å². The molecule has 4 atom stereocenters. The molecule has 0 radical (unpaired) electrons. The first-order chi connectivity index (χ1) is 71.9. The molecule has 20 rings (SSSR count). The lowest BCUT2D eigenvalue weighted by Gasteiger charge is -2.34. The van der Waals surface area contributed by atoms with Crippen LogP contribution in [0, 0.1) is 72.6 Å². The number of carbonyl (C=O) groups excluding carboxylic acids is 4. The van der Waals surface area contributed by atoms with Crippen LogP contribution in [0.2, 0.25) is 0 Å². The van der Waals surface area contributed by atoms with Gasteiger partial charge in [-0.15, -0.1) is 0 Å². The SMILES string of the molecule is C=CC(=O)N1CCCC[C@H]1c1nc(-c2ccc(OCc3cccc(F)c3)cc2)c2c(C)nccn12.CC#CC(=O)N1CCCC[C@H]1c1nc(-c2ccc(OCc3cccc(F)c3)cc2)c2c(C)nccn12.CC#CC(=O)N1CCCC[C@H]1c1nc(-c2ccc(Oc3cccc(OC)c3F)cc2)c2c(C(F)(F)F)nccn12.CC#CC(=O)N1CCC[C@H]1c1nc(-c2ccc(Oc3cccc(OC)c3F)cc2)c2c(CO)nccn12. The topological polar surface area (TPSA) is 278 Å². The molecular weight excluding hydrogens is 1900 g/mol. The van der Waals surface area contributed by atoms with Crippen LogP contribution in [0.4, 0.5) is 30.7 Å². The molecule has 0 spiro atoms. The minimum atomic E-state index is -4.75. The van der Waals surface area contributed by atoms with Crippen molar-refractivity contribution in [1.82, 2.24) is 77.1 Å². The lowest BCUT2D eigenvalue weighted by molar-refractivity contribution is -0.140. The molecule has 8 aromatic heterocycles. The highest BCUT2D eigenvalue weighted by Gasteiger charge is 2.41. The van der Waals surface area contributed by atoms with Crippen molar-refractivity contribution in [3.63, 3.8) is 0 Å². The van der Waals surface area contributed by atoms with E-state index < -0.39 is 35.5 Å². The van der Waals surface area contributed by atoms with Gasteiger partial charge in [0.2, 0.25) is 17.5 Å². The van der Waals surface area contributed by atoms with Gasteiger partial charge >= 0.3 is 6.18 Å². The van der Waals surface area contributed by atoms with E-state index in [2.05, 4.69) is 75.8 Å². The van der Waals surface area contributed by atoms with Crippen molar-refractivity contribution in [2.75, 3.05) is 40.4 Å². The number of hydrogen-bond donors (Lipinski definition) is 1. The number of hydrogen-bond acceptors (Lipinski definition) is 19. The summed E-state index contributed by atoms with van der Waals surface area (Å²) in [6, 6.07) is 49.4. The van der Waals surface area contributed by atoms with Crippen molar-refractivity contribution in [1.29, 1.82) is 0 Å². The van der Waals surface area contributed by atoms with Gasteiger partial charge in [0.1, 0.15) is 76.7 Å². The highest BCUT2D eigenvalue weighted by molar-refractivity contribution is 5.96. The molecule has 4 aliphatic rings. The van der Waals surface area contributed by atoms with Gasteiger partial charge in [0.15, 0.2) is 28.7 Å². The Morgan fingerprint density at radius 3 is 1.12 bits per heavy atom. The Kier molecular flexibility index (Phi) is 32.0. The number of carbonyl (C=O) groups is 4. The molecule has 12 heterocycles. The maximum atomic E-state index is 14.5. The third-order valence-corrected chi connectivity index (χ3v) is 25.9. The van der Waals surface area contributed by atoms with E-state index >= 15 is 0 Å². The molecule has 34 heteroatoms. The molecule has 4 aliphatic heterocycles. The number of amides is 4. The van der Waals surface area contributed by atoms with Gasteiger partial charge in [0.25, 0.3) is 17.7 Å².